The zero-order valence-corrected chi connectivity index (χ0v) is 16.5. The van der Waals surface area contributed by atoms with Crippen molar-refractivity contribution in [3.05, 3.63) is 34.9 Å². The number of rotatable bonds is 6. The first-order valence-electron chi connectivity index (χ1n) is 9.72. The van der Waals surface area contributed by atoms with Crippen LogP contribution in [-0.4, -0.2) is 85.5 Å². The molecule has 2 aliphatic heterocycles. The number of amides is 2. The molecule has 0 N–H and O–H groups in total. The summed E-state index contributed by atoms with van der Waals surface area (Å²) in [5, 5.41) is 0.698. The molecule has 2 amide bonds. The Hall–Kier alpha value is -1.63. The van der Waals surface area contributed by atoms with Crippen molar-refractivity contribution in [1.29, 1.82) is 0 Å². The van der Waals surface area contributed by atoms with Crippen LogP contribution in [0.3, 0.4) is 0 Å². The average Bonchev–Trinajstić information content (AvgIpc) is 2.71. The van der Waals surface area contributed by atoms with Crippen LogP contribution >= 0.6 is 11.6 Å². The van der Waals surface area contributed by atoms with Crippen LogP contribution in [0.15, 0.2) is 24.3 Å². The summed E-state index contributed by atoms with van der Waals surface area (Å²) in [5.41, 5.74) is 1.08. The number of morpholine rings is 1. The lowest BCUT2D eigenvalue weighted by Gasteiger charge is -2.35. The molecule has 27 heavy (non-hydrogen) atoms. The highest BCUT2D eigenvalue weighted by Crippen LogP contribution is 2.13. The summed E-state index contributed by atoms with van der Waals surface area (Å²) in [7, 11) is 0. The van der Waals surface area contributed by atoms with Crippen LogP contribution in [0.4, 0.5) is 0 Å². The fourth-order valence-electron chi connectivity index (χ4n) is 3.54. The third-order valence-corrected chi connectivity index (χ3v) is 5.48. The van der Waals surface area contributed by atoms with Crippen LogP contribution in [0.25, 0.3) is 0 Å². The number of carbonyl (C=O) groups is 2. The Morgan fingerprint density at radius 2 is 1.56 bits per heavy atom. The van der Waals surface area contributed by atoms with Crippen molar-refractivity contribution in [2.24, 2.45) is 0 Å². The van der Waals surface area contributed by atoms with Gasteiger partial charge in [-0.1, -0.05) is 23.7 Å². The molecule has 1 aromatic rings. The van der Waals surface area contributed by atoms with Gasteiger partial charge in [0.1, 0.15) is 0 Å². The van der Waals surface area contributed by atoms with Gasteiger partial charge in [-0.05, 0) is 24.1 Å². The summed E-state index contributed by atoms with van der Waals surface area (Å²) in [6.45, 7) is 6.62. The van der Waals surface area contributed by atoms with Crippen LogP contribution < -0.4 is 0 Å². The van der Waals surface area contributed by atoms with E-state index in [0.717, 1.165) is 38.4 Å². The van der Waals surface area contributed by atoms with E-state index in [0.29, 0.717) is 50.5 Å². The maximum absolute atomic E-state index is 12.4. The fourth-order valence-corrected chi connectivity index (χ4v) is 3.76. The summed E-state index contributed by atoms with van der Waals surface area (Å²) in [6, 6.07) is 7.63. The molecule has 0 aromatic heterocycles. The minimum atomic E-state index is 0.149. The summed E-state index contributed by atoms with van der Waals surface area (Å²) in [4.78, 5) is 30.9. The van der Waals surface area contributed by atoms with Crippen LogP contribution in [0, 0.1) is 0 Å². The molecule has 0 unspecified atom stereocenters. The van der Waals surface area contributed by atoms with E-state index in [-0.39, 0.29) is 11.8 Å². The van der Waals surface area contributed by atoms with Crippen molar-refractivity contribution >= 4 is 23.4 Å². The number of nitrogens with zero attached hydrogens (tertiary/aromatic N) is 3. The molecule has 0 bridgehead atoms. The van der Waals surface area contributed by atoms with E-state index in [4.69, 9.17) is 16.3 Å². The Morgan fingerprint density at radius 1 is 0.926 bits per heavy atom. The van der Waals surface area contributed by atoms with Gasteiger partial charge in [0, 0.05) is 63.7 Å². The second kappa shape index (κ2) is 10.1. The van der Waals surface area contributed by atoms with Crippen LogP contribution in [-0.2, 0) is 20.7 Å². The Kier molecular flexibility index (Phi) is 7.50. The van der Waals surface area contributed by atoms with E-state index in [1.54, 1.807) is 0 Å². The van der Waals surface area contributed by atoms with E-state index in [1.165, 1.54) is 0 Å². The van der Waals surface area contributed by atoms with Crippen molar-refractivity contribution in [3.8, 4) is 0 Å². The summed E-state index contributed by atoms with van der Waals surface area (Å²) in [6.07, 6.45) is 1.71. The predicted molar refractivity (Wildman–Crippen MR) is 105 cm³/mol. The number of ether oxygens (including phenoxy) is 1. The lowest BCUT2D eigenvalue weighted by atomic mass is 10.1. The van der Waals surface area contributed by atoms with Crippen molar-refractivity contribution < 1.29 is 14.3 Å². The topological polar surface area (TPSA) is 53.1 Å². The highest BCUT2D eigenvalue weighted by Gasteiger charge is 2.24. The lowest BCUT2D eigenvalue weighted by molar-refractivity contribution is -0.139. The van der Waals surface area contributed by atoms with Gasteiger partial charge >= 0.3 is 0 Å². The first-order valence-corrected chi connectivity index (χ1v) is 10.1. The fraction of sp³-hybridized carbons (Fsp3) is 0.600. The minimum Gasteiger partial charge on any atom is -0.379 e. The predicted octanol–water partition coefficient (Wildman–Crippen LogP) is 1.67. The quantitative estimate of drug-likeness (QED) is 0.737. The molecule has 6 nitrogen and oxygen atoms in total. The van der Waals surface area contributed by atoms with Crippen molar-refractivity contribution in [3.63, 3.8) is 0 Å². The Labute approximate surface area is 166 Å². The average molecular weight is 394 g/mol. The monoisotopic (exact) mass is 393 g/mol. The number of benzene rings is 1. The van der Waals surface area contributed by atoms with Gasteiger partial charge in [-0.15, -0.1) is 0 Å². The maximum atomic E-state index is 12.4. The SMILES string of the molecule is O=C(CCc1cccc(Cl)c1)N1CCN(C(=O)CCN2CCOCC2)CC1. The van der Waals surface area contributed by atoms with E-state index < -0.39 is 0 Å². The van der Waals surface area contributed by atoms with E-state index in [1.807, 2.05) is 34.1 Å². The van der Waals surface area contributed by atoms with Crippen molar-refractivity contribution in [2.45, 2.75) is 19.3 Å². The largest absolute Gasteiger partial charge is 0.379 e. The van der Waals surface area contributed by atoms with Gasteiger partial charge in [0.25, 0.3) is 0 Å². The molecule has 0 spiro atoms. The molecular formula is C20H28ClN3O3. The van der Waals surface area contributed by atoms with Crippen molar-refractivity contribution in [1.82, 2.24) is 14.7 Å². The van der Waals surface area contributed by atoms with Gasteiger partial charge in [0.2, 0.25) is 11.8 Å². The number of halogens is 1. The normalized spacial score (nSPS) is 18.6. The van der Waals surface area contributed by atoms with Crippen LogP contribution in [0.2, 0.25) is 5.02 Å². The van der Waals surface area contributed by atoms with Crippen LogP contribution in [0.1, 0.15) is 18.4 Å². The highest BCUT2D eigenvalue weighted by atomic mass is 35.5. The number of hydrogen-bond acceptors (Lipinski definition) is 4. The number of aryl methyl sites for hydroxylation is 1. The number of hydrogen-bond donors (Lipinski definition) is 0. The molecule has 2 fully saturated rings. The number of carbonyl (C=O) groups excluding carboxylic acids is 2. The highest BCUT2D eigenvalue weighted by molar-refractivity contribution is 6.30. The van der Waals surface area contributed by atoms with Gasteiger partial charge in [0.05, 0.1) is 13.2 Å². The van der Waals surface area contributed by atoms with E-state index >= 15 is 0 Å². The first kappa shape index (κ1) is 20.1. The number of piperazine rings is 1. The first-order chi connectivity index (χ1) is 13.1. The Balaban J connectivity index is 1.36. The van der Waals surface area contributed by atoms with Crippen molar-refractivity contribution in [2.75, 3.05) is 59.0 Å². The molecule has 148 valence electrons. The van der Waals surface area contributed by atoms with Gasteiger partial charge < -0.3 is 14.5 Å². The summed E-state index contributed by atoms with van der Waals surface area (Å²) in [5.74, 6) is 0.336. The molecule has 0 aliphatic carbocycles. The minimum absolute atomic E-state index is 0.149. The zero-order valence-electron chi connectivity index (χ0n) is 15.7. The molecule has 1 aromatic carbocycles. The molecule has 3 rings (SSSR count). The molecule has 2 heterocycles. The Morgan fingerprint density at radius 3 is 2.19 bits per heavy atom. The van der Waals surface area contributed by atoms with Gasteiger partial charge in [0.15, 0.2) is 0 Å². The zero-order chi connectivity index (χ0) is 19.1. The van der Waals surface area contributed by atoms with Gasteiger partial charge in [-0.3, -0.25) is 14.5 Å². The standard InChI is InChI=1S/C20H28ClN3O3/c21-18-3-1-2-17(16-18)4-5-19(25)23-8-10-24(11-9-23)20(26)6-7-22-12-14-27-15-13-22/h1-3,16H,4-15H2. The molecule has 7 heteroatoms. The molecule has 0 radical (unpaired) electrons. The lowest BCUT2D eigenvalue weighted by Crippen LogP contribution is -2.51. The second-order valence-electron chi connectivity index (χ2n) is 7.10. The summed E-state index contributed by atoms with van der Waals surface area (Å²) >= 11 is 5.99. The second-order valence-corrected chi connectivity index (χ2v) is 7.53. The van der Waals surface area contributed by atoms with Gasteiger partial charge in [-0.25, -0.2) is 0 Å². The third-order valence-electron chi connectivity index (χ3n) is 5.25. The molecule has 2 saturated heterocycles. The van der Waals surface area contributed by atoms with Gasteiger partial charge in [-0.2, -0.15) is 0 Å². The maximum Gasteiger partial charge on any atom is 0.223 e. The van der Waals surface area contributed by atoms with Crippen LogP contribution in [0.5, 0.6) is 0 Å². The summed E-state index contributed by atoms with van der Waals surface area (Å²) < 4.78 is 5.33. The third kappa shape index (κ3) is 6.19. The molecular weight excluding hydrogens is 366 g/mol. The van der Waals surface area contributed by atoms with E-state index in [9.17, 15) is 9.59 Å². The molecule has 0 saturated carbocycles. The van der Waals surface area contributed by atoms with E-state index in [2.05, 4.69) is 4.90 Å². The molecule has 0 atom stereocenters. The molecule has 2 aliphatic rings. The smallest absolute Gasteiger partial charge is 0.223 e. The Bertz CT molecular complexity index is 641.